The van der Waals surface area contributed by atoms with Gasteiger partial charge < -0.3 is 0 Å². The first-order chi connectivity index (χ1) is 11.8. The maximum absolute atomic E-state index is 14.6. The summed E-state index contributed by atoms with van der Waals surface area (Å²) in [6.07, 6.45) is -3.43. The van der Waals surface area contributed by atoms with Crippen LogP contribution in [0, 0.1) is 11.7 Å². The minimum absolute atomic E-state index is 0.0598. The molecule has 2 atom stereocenters. The van der Waals surface area contributed by atoms with Crippen LogP contribution in [0.4, 0.5) is 17.6 Å². The fourth-order valence-corrected chi connectivity index (χ4v) is 3.42. The smallest absolute Gasteiger partial charge is 0.206 e. The lowest BCUT2D eigenvalue weighted by Crippen LogP contribution is -2.05. The van der Waals surface area contributed by atoms with Gasteiger partial charge in [-0.2, -0.15) is 13.2 Å². The Balaban J connectivity index is 2.02. The van der Waals surface area contributed by atoms with E-state index in [-0.39, 0.29) is 11.1 Å². The Labute approximate surface area is 145 Å². The Morgan fingerprint density at radius 1 is 1.04 bits per heavy atom. The lowest BCUT2D eigenvalue weighted by molar-refractivity contribution is -0.0895. The molecule has 0 bridgehead atoms. The first-order valence-electron chi connectivity index (χ1n) is 8.46. The molecule has 0 saturated heterocycles. The van der Waals surface area contributed by atoms with E-state index in [1.807, 2.05) is 24.3 Å². The molecule has 0 heterocycles. The predicted octanol–water partition coefficient (Wildman–Crippen LogP) is 6.97. The Kier molecular flexibility index (Phi) is 4.48. The third-order valence-corrected chi connectivity index (χ3v) is 5.05. The fourth-order valence-electron chi connectivity index (χ4n) is 3.42. The molecule has 0 aliphatic heterocycles. The molecule has 25 heavy (non-hydrogen) atoms. The average Bonchev–Trinajstić information content (AvgIpc) is 3.25. The second-order valence-corrected chi connectivity index (χ2v) is 6.64. The topological polar surface area (TPSA) is 0 Å². The van der Waals surface area contributed by atoms with Gasteiger partial charge in [-0.1, -0.05) is 57.2 Å². The maximum atomic E-state index is 14.6. The van der Waals surface area contributed by atoms with Crippen molar-refractivity contribution in [2.24, 2.45) is 5.92 Å². The van der Waals surface area contributed by atoms with Crippen LogP contribution >= 0.6 is 0 Å². The summed E-state index contributed by atoms with van der Waals surface area (Å²) < 4.78 is 53.3. The molecule has 2 unspecified atom stereocenters. The van der Waals surface area contributed by atoms with Crippen molar-refractivity contribution in [2.45, 2.75) is 39.3 Å². The SMILES string of the molecule is CCC(C)c1ccccc1-c1ccc(C2=C(C(F)(F)F)C2C)c(F)c1. The lowest BCUT2D eigenvalue weighted by Gasteiger charge is -2.15. The van der Waals surface area contributed by atoms with Gasteiger partial charge >= 0.3 is 6.18 Å². The van der Waals surface area contributed by atoms with Gasteiger partial charge in [0.2, 0.25) is 0 Å². The van der Waals surface area contributed by atoms with Crippen molar-refractivity contribution < 1.29 is 17.6 Å². The van der Waals surface area contributed by atoms with Crippen LogP contribution in [0.1, 0.15) is 44.2 Å². The van der Waals surface area contributed by atoms with Gasteiger partial charge in [-0.3, -0.25) is 0 Å². The van der Waals surface area contributed by atoms with E-state index in [0.717, 1.165) is 17.5 Å². The Morgan fingerprint density at radius 3 is 2.28 bits per heavy atom. The summed E-state index contributed by atoms with van der Waals surface area (Å²) >= 11 is 0. The third kappa shape index (κ3) is 3.22. The van der Waals surface area contributed by atoms with Gasteiger partial charge in [-0.25, -0.2) is 4.39 Å². The Morgan fingerprint density at radius 2 is 1.72 bits per heavy atom. The van der Waals surface area contributed by atoms with Crippen molar-refractivity contribution in [3.8, 4) is 11.1 Å². The zero-order valence-electron chi connectivity index (χ0n) is 14.4. The van der Waals surface area contributed by atoms with Crippen LogP contribution in [0.2, 0.25) is 0 Å². The van der Waals surface area contributed by atoms with Crippen molar-refractivity contribution in [1.29, 1.82) is 0 Å². The van der Waals surface area contributed by atoms with Crippen molar-refractivity contribution in [3.63, 3.8) is 0 Å². The molecule has 3 rings (SSSR count). The van der Waals surface area contributed by atoms with Crippen LogP contribution in [0.15, 0.2) is 48.0 Å². The molecule has 0 radical (unpaired) electrons. The first kappa shape index (κ1) is 17.7. The number of hydrogen-bond acceptors (Lipinski definition) is 0. The molecule has 132 valence electrons. The van der Waals surface area contributed by atoms with Gasteiger partial charge in [0.15, 0.2) is 0 Å². The molecule has 0 saturated carbocycles. The van der Waals surface area contributed by atoms with Crippen molar-refractivity contribution in [3.05, 3.63) is 65.0 Å². The zero-order valence-corrected chi connectivity index (χ0v) is 14.4. The van der Waals surface area contributed by atoms with Gasteiger partial charge in [0.1, 0.15) is 5.82 Å². The van der Waals surface area contributed by atoms with E-state index < -0.39 is 23.5 Å². The number of benzene rings is 2. The minimum Gasteiger partial charge on any atom is -0.206 e. The average molecular weight is 348 g/mol. The molecule has 0 spiro atoms. The Bertz CT molecular complexity index is 830. The Hall–Kier alpha value is -2.10. The molecule has 4 heteroatoms. The van der Waals surface area contributed by atoms with Crippen molar-refractivity contribution in [2.75, 3.05) is 0 Å². The van der Waals surface area contributed by atoms with Crippen molar-refractivity contribution >= 4 is 5.57 Å². The van der Waals surface area contributed by atoms with Crippen LogP contribution < -0.4 is 0 Å². The summed E-state index contributed by atoms with van der Waals surface area (Å²) in [5.74, 6) is -1.01. The number of hydrogen-bond donors (Lipinski definition) is 0. The molecule has 1 aliphatic carbocycles. The van der Waals surface area contributed by atoms with Crippen LogP contribution in [-0.4, -0.2) is 6.18 Å². The first-order valence-corrected chi connectivity index (χ1v) is 8.46. The number of halogens is 4. The summed E-state index contributed by atoms with van der Waals surface area (Å²) in [5.41, 5.74) is 2.26. The summed E-state index contributed by atoms with van der Waals surface area (Å²) in [6, 6.07) is 12.3. The quantitative estimate of drug-likeness (QED) is 0.523. The fraction of sp³-hybridized carbons (Fsp3) is 0.333. The van der Waals surface area contributed by atoms with E-state index >= 15 is 0 Å². The molecule has 0 nitrogen and oxygen atoms in total. The lowest BCUT2D eigenvalue weighted by atomic mass is 9.89. The van der Waals surface area contributed by atoms with Gasteiger partial charge in [-0.15, -0.1) is 0 Å². The molecule has 1 aliphatic rings. The highest BCUT2D eigenvalue weighted by atomic mass is 19.4. The molecule has 0 N–H and O–H groups in total. The van der Waals surface area contributed by atoms with E-state index in [1.54, 1.807) is 6.07 Å². The van der Waals surface area contributed by atoms with Crippen LogP contribution in [0.3, 0.4) is 0 Å². The van der Waals surface area contributed by atoms with E-state index in [0.29, 0.717) is 11.5 Å². The number of alkyl halides is 3. The van der Waals surface area contributed by atoms with Gasteiger partial charge in [0, 0.05) is 17.1 Å². The summed E-state index contributed by atoms with van der Waals surface area (Å²) in [5, 5.41) is 0. The monoisotopic (exact) mass is 348 g/mol. The molecule has 0 fully saturated rings. The number of rotatable bonds is 4. The third-order valence-electron chi connectivity index (χ3n) is 5.05. The zero-order chi connectivity index (χ0) is 18.4. The standard InChI is InChI=1S/C21H20F4/c1-4-12(2)15-7-5-6-8-16(15)14-9-10-17(18(22)11-14)19-13(3)20(19)21(23,24)25/h5-13H,4H2,1-3H3. The van der Waals surface area contributed by atoms with Crippen molar-refractivity contribution in [1.82, 2.24) is 0 Å². The molecule has 2 aromatic rings. The highest BCUT2D eigenvalue weighted by molar-refractivity contribution is 5.87. The normalized spacial score (nSPS) is 18.4. The van der Waals surface area contributed by atoms with Crippen LogP contribution in [-0.2, 0) is 0 Å². The largest absolute Gasteiger partial charge is 0.413 e. The number of allylic oxidation sites excluding steroid dienone is 2. The summed E-state index contributed by atoms with van der Waals surface area (Å²) in [4.78, 5) is 0. The van der Waals surface area contributed by atoms with E-state index in [4.69, 9.17) is 0 Å². The molecular weight excluding hydrogens is 328 g/mol. The minimum atomic E-state index is -4.39. The van der Waals surface area contributed by atoms with E-state index in [1.165, 1.54) is 19.1 Å². The highest BCUT2D eigenvalue weighted by Crippen LogP contribution is 2.55. The molecule has 0 aromatic heterocycles. The maximum Gasteiger partial charge on any atom is 0.413 e. The van der Waals surface area contributed by atoms with Crippen LogP contribution in [0.25, 0.3) is 16.7 Å². The van der Waals surface area contributed by atoms with E-state index in [2.05, 4.69) is 13.8 Å². The van der Waals surface area contributed by atoms with Crippen LogP contribution in [0.5, 0.6) is 0 Å². The van der Waals surface area contributed by atoms with E-state index in [9.17, 15) is 17.6 Å². The summed E-state index contributed by atoms with van der Waals surface area (Å²) in [6.45, 7) is 5.66. The summed E-state index contributed by atoms with van der Waals surface area (Å²) in [7, 11) is 0. The molecule has 2 aromatic carbocycles. The highest BCUT2D eigenvalue weighted by Gasteiger charge is 2.51. The second kappa shape index (κ2) is 6.32. The van der Waals surface area contributed by atoms with Gasteiger partial charge in [0.05, 0.1) is 0 Å². The van der Waals surface area contributed by atoms with Gasteiger partial charge in [-0.05, 0) is 40.7 Å². The molecule has 0 amide bonds. The second-order valence-electron chi connectivity index (χ2n) is 6.64. The van der Waals surface area contributed by atoms with Gasteiger partial charge in [0.25, 0.3) is 0 Å². The molecular formula is C21H20F4. The predicted molar refractivity (Wildman–Crippen MR) is 92.7 cm³/mol.